The van der Waals surface area contributed by atoms with Gasteiger partial charge in [-0.25, -0.2) is 13.6 Å². The van der Waals surface area contributed by atoms with Gasteiger partial charge in [-0.05, 0) is 18.4 Å². The molecule has 2 aromatic rings. The zero-order chi connectivity index (χ0) is 14.6. The Bertz CT molecular complexity index is 665. The minimum atomic E-state index is -3.83. The molecule has 0 fully saturated rings. The van der Waals surface area contributed by atoms with Crippen LogP contribution in [0.5, 0.6) is 0 Å². The first kappa shape index (κ1) is 14.7. The second-order valence-corrected chi connectivity index (χ2v) is 6.04. The standard InChI is InChI=1S/C13H18N4O2S/c1-2-10-17-12(15-16-13(17)20(14,18)19)9-8-11-6-4-3-5-7-11/h3-7H,2,8-10H2,1H3,(H2,14,18,19). The van der Waals surface area contributed by atoms with E-state index < -0.39 is 10.0 Å². The Hall–Kier alpha value is -1.73. The third kappa shape index (κ3) is 3.43. The maximum absolute atomic E-state index is 11.5. The van der Waals surface area contributed by atoms with Crippen LogP contribution in [0.4, 0.5) is 0 Å². The number of hydrogen-bond donors (Lipinski definition) is 1. The summed E-state index contributed by atoms with van der Waals surface area (Å²) in [6.45, 7) is 2.51. The third-order valence-electron chi connectivity index (χ3n) is 2.98. The molecular weight excluding hydrogens is 276 g/mol. The molecule has 0 radical (unpaired) electrons. The molecule has 0 saturated carbocycles. The Morgan fingerprint density at radius 1 is 1.15 bits per heavy atom. The van der Waals surface area contributed by atoms with Crippen molar-refractivity contribution < 1.29 is 8.42 Å². The molecule has 0 aliphatic rings. The van der Waals surface area contributed by atoms with E-state index in [2.05, 4.69) is 10.2 Å². The van der Waals surface area contributed by atoms with Crippen molar-refractivity contribution in [1.82, 2.24) is 14.8 Å². The van der Waals surface area contributed by atoms with Crippen molar-refractivity contribution in [3.8, 4) is 0 Å². The van der Waals surface area contributed by atoms with E-state index in [1.165, 1.54) is 5.56 Å². The second-order valence-electron chi connectivity index (χ2n) is 4.58. The fourth-order valence-electron chi connectivity index (χ4n) is 2.06. The van der Waals surface area contributed by atoms with Crippen molar-refractivity contribution in [1.29, 1.82) is 0 Å². The molecule has 1 aromatic carbocycles. The van der Waals surface area contributed by atoms with Gasteiger partial charge in [0.25, 0.3) is 15.2 Å². The van der Waals surface area contributed by atoms with E-state index in [1.807, 2.05) is 37.3 Å². The molecule has 0 saturated heterocycles. The van der Waals surface area contributed by atoms with Gasteiger partial charge in [-0.2, -0.15) is 0 Å². The van der Waals surface area contributed by atoms with Gasteiger partial charge >= 0.3 is 0 Å². The molecule has 0 aliphatic carbocycles. The van der Waals surface area contributed by atoms with E-state index in [1.54, 1.807) is 4.57 Å². The van der Waals surface area contributed by atoms with Crippen molar-refractivity contribution in [2.45, 2.75) is 37.9 Å². The maximum atomic E-state index is 11.5. The molecule has 108 valence electrons. The number of hydrogen-bond acceptors (Lipinski definition) is 4. The van der Waals surface area contributed by atoms with Gasteiger partial charge in [0.1, 0.15) is 5.82 Å². The zero-order valence-corrected chi connectivity index (χ0v) is 12.2. The first-order chi connectivity index (χ1) is 9.52. The van der Waals surface area contributed by atoms with Crippen LogP contribution in [0.2, 0.25) is 0 Å². The highest BCUT2D eigenvalue weighted by Gasteiger charge is 2.20. The number of aromatic nitrogens is 3. The number of primary sulfonamides is 1. The minimum absolute atomic E-state index is 0.151. The topological polar surface area (TPSA) is 90.9 Å². The van der Waals surface area contributed by atoms with Crippen LogP contribution in [0.15, 0.2) is 35.5 Å². The molecule has 7 heteroatoms. The van der Waals surface area contributed by atoms with E-state index in [4.69, 9.17) is 5.14 Å². The Balaban J connectivity index is 2.22. The number of nitrogens with zero attached hydrogens (tertiary/aromatic N) is 3. The van der Waals surface area contributed by atoms with Gasteiger partial charge in [-0.1, -0.05) is 37.3 Å². The Labute approximate surface area is 118 Å². The van der Waals surface area contributed by atoms with Crippen molar-refractivity contribution in [3.05, 3.63) is 41.7 Å². The molecule has 1 aromatic heterocycles. The number of sulfonamides is 1. The molecule has 0 spiro atoms. The summed E-state index contributed by atoms with van der Waals surface area (Å²) in [5.74, 6) is 0.653. The van der Waals surface area contributed by atoms with Crippen LogP contribution in [0.1, 0.15) is 24.7 Å². The molecule has 1 heterocycles. The smallest absolute Gasteiger partial charge is 0.273 e. The summed E-state index contributed by atoms with van der Waals surface area (Å²) in [7, 11) is -3.83. The summed E-state index contributed by atoms with van der Waals surface area (Å²) < 4.78 is 24.5. The maximum Gasteiger partial charge on any atom is 0.273 e. The molecule has 2 rings (SSSR count). The third-order valence-corrected chi connectivity index (χ3v) is 3.79. The van der Waals surface area contributed by atoms with Crippen LogP contribution in [0.3, 0.4) is 0 Å². The average Bonchev–Trinajstić information content (AvgIpc) is 2.81. The second kappa shape index (κ2) is 6.15. The predicted octanol–water partition coefficient (Wildman–Crippen LogP) is 1.12. The summed E-state index contributed by atoms with van der Waals surface area (Å²) in [6, 6.07) is 9.97. The molecular formula is C13H18N4O2S. The highest BCUT2D eigenvalue weighted by atomic mass is 32.2. The van der Waals surface area contributed by atoms with Crippen molar-refractivity contribution in [2.24, 2.45) is 5.14 Å². The first-order valence-corrected chi connectivity index (χ1v) is 8.06. The van der Waals surface area contributed by atoms with Crippen LogP contribution >= 0.6 is 0 Å². The van der Waals surface area contributed by atoms with Crippen molar-refractivity contribution in [2.75, 3.05) is 0 Å². The van der Waals surface area contributed by atoms with Crippen LogP contribution in [-0.2, 0) is 29.4 Å². The van der Waals surface area contributed by atoms with Crippen LogP contribution in [0.25, 0.3) is 0 Å². The lowest BCUT2D eigenvalue weighted by molar-refractivity contribution is 0.546. The summed E-state index contributed by atoms with van der Waals surface area (Å²) >= 11 is 0. The summed E-state index contributed by atoms with van der Waals surface area (Å²) in [6.07, 6.45) is 2.21. The van der Waals surface area contributed by atoms with Gasteiger partial charge in [0.15, 0.2) is 0 Å². The minimum Gasteiger partial charge on any atom is -0.301 e. The molecule has 2 N–H and O–H groups in total. The fraction of sp³-hybridized carbons (Fsp3) is 0.385. The molecule has 0 bridgehead atoms. The number of nitrogens with two attached hydrogens (primary N) is 1. The monoisotopic (exact) mass is 294 g/mol. The van der Waals surface area contributed by atoms with Crippen LogP contribution < -0.4 is 5.14 Å². The van der Waals surface area contributed by atoms with E-state index in [9.17, 15) is 8.42 Å². The zero-order valence-electron chi connectivity index (χ0n) is 11.4. The largest absolute Gasteiger partial charge is 0.301 e. The fourth-order valence-corrected chi connectivity index (χ4v) is 2.72. The van der Waals surface area contributed by atoms with E-state index in [-0.39, 0.29) is 5.16 Å². The molecule has 0 amide bonds. The highest BCUT2D eigenvalue weighted by Crippen LogP contribution is 2.11. The van der Waals surface area contributed by atoms with Crippen molar-refractivity contribution in [3.63, 3.8) is 0 Å². The van der Waals surface area contributed by atoms with Crippen LogP contribution in [0, 0.1) is 0 Å². The first-order valence-electron chi connectivity index (χ1n) is 6.51. The molecule has 6 nitrogen and oxygen atoms in total. The Morgan fingerprint density at radius 2 is 1.85 bits per heavy atom. The van der Waals surface area contributed by atoms with Gasteiger partial charge in [0.05, 0.1) is 0 Å². The van der Waals surface area contributed by atoms with E-state index >= 15 is 0 Å². The molecule has 0 unspecified atom stereocenters. The highest BCUT2D eigenvalue weighted by molar-refractivity contribution is 7.89. The SMILES string of the molecule is CCCn1c(CCc2ccccc2)nnc1S(N)(=O)=O. The number of aryl methyl sites for hydroxylation is 2. The number of benzene rings is 1. The number of rotatable bonds is 6. The quantitative estimate of drug-likeness (QED) is 0.864. The lowest BCUT2D eigenvalue weighted by Gasteiger charge is -2.07. The van der Waals surface area contributed by atoms with Gasteiger partial charge in [0, 0.05) is 13.0 Å². The van der Waals surface area contributed by atoms with E-state index in [0.29, 0.717) is 18.8 Å². The van der Waals surface area contributed by atoms with Crippen molar-refractivity contribution >= 4 is 10.0 Å². The average molecular weight is 294 g/mol. The normalized spacial score (nSPS) is 11.7. The van der Waals surface area contributed by atoms with Gasteiger partial charge in [0.2, 0.25) is 0 Å². The van der Waals surface area contributed by atoms with Gasteiger partial charge in [-0.3, -0.25) is 0 Å². The van der Waals surface area contributed by atoms with Gasteiger partial charge in [-0.15, -0.1) is 10.2 Å². The summed E-state index contributed by atoms with van der Waals surface area (Å²) in [4.78, 5) is 0. The lowest BCUT2D eigenvalue weighted by atomic mass is 10.1. The Morgan fingerprint density at radius 3 is 2.45 bits per heavy atom. The Kier molecular flexibility index (Phi) is 4.51. The summed E-state index contributed by atoms with van der Waals surface area (Å²) in [5.41, 5.74) is 1.18. The lowest BCUT2D eigenvalue weighted by Crippen LogP contribution is -2.19. The molecule has 0 atom stereocenters. The molecule has 0 aliphatic heterocycles. The molecule has 20 heavy (non-hydrogen) atoms. The predicted molar refractivity (Wildman–Crippen MR) is 75.5 cm³/mol. The van der Waals surface area contributed by atoms with E-state index in [0.717, 1.165) is 12.8 Å². The van der Waals surface area contributed by atoms with Gasteiger partial charge < -0.3 is 4.57 Å². The summed E-state index contributed by atoms with van der Waals surface area (Å²) in [5, 5.41) is 12.7. The van der Waals surface area contributed by atoms with Crippen LogP contribution in [-0.4, -0.2) is 23.2 Å².